The summed E-state index contributed by atoms with van der Waals surface area (Å²) in [6, 6.07) is 4.43. The Morgan fingerprint density at radius 1 is 1.30 bits per heavy atom. The van der Waals surface area contributed by atoms with E-state index < -0.39 is 0 Å². The van der Waals surface area contributed by atoms with Crippen LogP contribution >= 0.6 is 31.9 Å². The number of halogens is 2. The van der Waals surface area contributed by atoms with Gasteiger partial charge in [0.05, 0.1) is 22.2 Å². The van der Waals surface area contributed by atoms with Crippen LogP contribution in [-0.2, 0) is 6.61 Å². The van der Waals surface area contributed by atoms with Gasteiger partial charge >= 0.3 is 0 Å². The maximum Gasteiger partial charge on any atom is 0.147 e. The second-order valence-corrected chi connectivity index (χ2v) is 7.02. The van der Waals surface area contributed by atoms with E-state index in [1.807, 2.05) is 12.1 Å². The van der Waals surface area contributed by atoms with Crippen molar-refractivity contribution in [2.75, 3.05) is 20.2 Å². The highest BCUT2D eigenvalue weighted by Crippen LogP contribution is 2.35. The molecule has 1 atom stereocenters. The number of ether oxygens (including phenoxy) is 1. The topological polar surface area (TPSA) is 32.7 Å². The van der Waals surface area contributed by atoms with Gasteiger partial charge in [-0.25, -0.2) is 0 Å². The molecule has 0 aromatic heterocycles. The molecule has 1 N–H and O–H groups in total. The summed E-state index contributed by atoms with van der Waals surface area (Å²) in [7, 11) is 2.20. The van der Waals surface area contributed by atoms with Crippen LogP contribution in [0.3, 0.4) is 0 Å². The quantitative estimate of drug-likeness (QED) is 0.803. The van der Waals surface area contributed by atoms with Crippen molar-refractivity contribution in [2.24, 2.45) is 0 Å². The molecule has 0 saturated carbocycles. The van der Waals surface area contributed by atoms with Crippen molar-refractivity contribution in [2.45, 2.75) is 38.3 Å². The van der Waals surface area contributed by atoms with Crippen LogP contribution < -0.4 is 4.74 Å². The van der Waals surface area contributed by atoms with Crippen molar-refractivity contribution in [1.82, 2.24) is 4.90 Å². The Kier molecular flexibility index (Phi) is 6.33. The van der Waals surface area contributed by atoms with Crippen LogP contribution in [0.4, 0.5) is 0 Å². The first-order chi connectivity index (χ1) is 9.61. The molecule has 1 heterocycles. The molecule has 1 saturated heterocycles. The minimum Gasteiger partial charge on any atom is -0.491 e. The summed E-state index contributed by atoms with van der Waals surface area (Å²) >= 11 is 7.00. The molecule has 0 spiro atoms. The zero-order valence-corrected chi connectivity index (χ0v) is 14.9. The maximum absolute atomic E-state index is 9.16. The van der Waals surface area contributed by atoms with Crippen molar-refractivity contribution < 1.29 is 9.84 Å². The zero-order chi connectivity index (χ0) is 14.5. The summed E-state index contributed by atoms with van der Waals surface area (Å²) in [5.74, 6) is 0.820. The molecule has 1 aromatic rings. The second-order valence-electron chi connectivity index (χ2n) is 5.31. The van der Waals surface area contributed by atoms with Crippen LogP contribution in [0.5, 0.6) is 5.75 Å². The molecule has 112 valence electrons. The van der Waals surface area contributed by atoms with Gasteiger partial charge in [0.1, 0.15) is 5.75 Å². The van der Waals surface area contributed by atoms with Crippen LogP contribution in [0.2, 0.25) is 0 Å². The lowest BCUT2D eigenvalue weighted by atomic mass is 10.0. The summed E-state index contributed by atoms with van der Waals surface area (Å²) in [5.41, 5.74) is 0.864. The Bertz CT molecular complexity index is 430. The molecule has 1 unspecified atom stereocenters. The highest BCUT2D eigenvalue weighted by atomic mass is 79.9. The lowest BCUT2D eigenvalue weighted by molar-refractivity contribution is 0.152. The smallest absolute Gasteiger partial charge is 0.147 e. The first-order valence-corrected chi connectivity index (χ1v) is 8.62. The number of hydrogen-bond donors (Lipinski definition) is 1. The summed E-state index contributed by atoms with van der Waals surface area (Å²) in [5, 5.41) is 9.16. The number of rotatable bonds is 5. The third-order valence-electron chi connectivity index (χ3n) is 3.86. The van der Waals surface area contributed by atoms with Gasteiger partial charge in [0.25, 0.3) is 0 Å². The number of nitrogens with zero attached hydrogens (tertiary/aromatic N) is 1. The molecule has 0 bridgehead atoms. The zero-order valence-electron chi connectivity index (χ0n) is 11.7. The third kappa shape index (κ3) is 4.20. The molecular weight excluding hydrogens is 386 g/mol. The normalized spacial score (nSPS) is 20.1. The molecule has 0 amide bonds. The van der Waals surface area contributed by atoms with Gasteiger partial charge in [0, 0.05) is 6.04 Å². The van der Waals surface area contributed by atoms with E-state index in [-0.39, 0.29) is 6.61 Å². The molecule has 1 aliphatic rings. The lowest BCUT2D eigenvalue weighted by Gasteiger charge is -2.32. The van der Waals surface area contributed by atoms with Crippen LogP contribution in [0, 0.1) is 0 Å². The molecule has 1 fully saturated rings. The van der Waals surface area contributed by atoms with Gasteiger partial charge < -0.3 is 14.7 Å². The van der Waals surface area contributed by atoms with Crippen molar-refractivity contribution in [3.63, 3.8) is 0 Å². The number of aliphatic hydroxyl groups is 1. The van der Waals surface area contributed by atoms with Crippen molar-refractivity contribution in [1.29, 1.82) is 0 Å². The van der Waals surface area contributed by atoms with Gasteiger partial charge in [-0.15, -0.1) is 0 Å². The Morgan fingerprint density at radius 3 is 2.60 bits per heavy atom. The predicted octanol–water partition coefficient (Wildman–Crippen LogP) is 3.96. The molecule has 5 heteroatoms. The minimum atomic E-state index is 0.0321. The molecule has 1 aromatic carbocycles. The number of hydrogen-bond acceptors (Lipinski definition) is 3. The molecule has 0 radical (unpaired) electrons. The summed E-state index contributed by atoms with van der Waals surface area (Å²) in [6.07, 6.45) is 4.96. The first kappa shape index (κ1) is 16.3. The maximum atomic E-state index is 9.16. The standard InChI is InChI=1S/C15H21Br2NO2/c1-18-6-3-2-4-12(18)5-7-20-15-13(16)8-11(10-19)9-14(15)17/h8-9,12,19H,2-7,10H2,1H3. The SMILES string of the molecule is CN1CCCCC1CCOc1c(Br)cc(CO)cc1Br. The Labute approximate surface area is 137 Å². The van der Waals surface area contributed by atoms with E-state index in [0.717, 1.165) is 26.7 Å². The van der Waals surface area contributed by atoms with E-state index in [2.05, 4.69) is 43.8 Å². The van der Waals surface area contributed by atoms with Crippen LogP contribution in [0.1, 0.15) is 31.2 Å². The van der Waals surface area contributed by atoms with E-state index in [0.29, 0.717) is 12.6 Å². The Morgan fingerprint density at radius 2 is 2.00 bits per heavy atom. The molecular formula is C15H21Br2NO2. The van der Waals surface area contributed by atoms with Gasteiger partial charge in [-0.1, -0.05) is 6.42 Å². The monoisotopic (exact) mass is 405 g/mol. The van der Waals surface area contributed by atoms with Gasteiger partial charge in [0.2, 0.25) is 0 Å². The number of piperidine rings is 1. The van der Waals surface area contributed by atoms with Crippen LogP contribution in [0.15, 0.2) is 21.1 Å². The summed E-state index contributed by atoms with van der Waals surface area (Å²) in [6.45, 7) is 1.94. The fraction of sp³-hybridized carbons (Fsp3) is 0.600. The second kappa shape index (κ2) is 7.78. The minimum absolute atomic E-state index is 0.0321. The largest absolute Gasteiger partial charge is 0.491 e. The summed E-state index contributed by atoms with van der Waals surface area (Å²) < 4.78 is 7.68. The van der Waals surface area contributed by atoms with Crippen LogP contribution in [-0.4, -0.2) is 36.2 Å². The van der Waals surface area contributed by atoms with Crippen molar-refractivity contribution in [3.05, 3.63) is 26.6 Å². The van der Waals surface area contributed by atoms with Gasteiger partial charge in [0.15, 0.2) is 0 Å². The van der Waals surface area contributed by atoms with Crippen molar-refractivity contribution in [3.8, 4) is 5.75 Å². The molecule has 2 rings (SSSR count). The van der Waals surface area contributed by atoms with Gasteiger partial charge in [-0.2, -0.15) is 0 Å². The molecule has 3 nitrogen and oxygen atoms in total. The number of benzene rings is 1. The molecule has 0 aliphatic carbocycles. The fourth-order valence-electron chi connectivity index (χ4n) is 2.65. The van der Waals surface area contributed by atoms with E-state index >= 15 is 0 Å². The van der Waals surface area contributed by atoms with Crippen molar-refractivity contribution >= 4 is 31.9 Å². The fourth-order valence-corrected chi connectivity index (χ4v) is 4.16. The highest BCUT2D eigenvalue weighted by Gasteiger charge is 2.19. The first-order valence-electron chi connectivity index (χ1n) is 7.03. The highest BCUT2D eigenvalue weighted by molar-refractivity contribution is 9.11. The third-order valence-corrected chi connectivity index (χ3v) is 5.04. The Balaban J connectivity index is 1.90. The van der Waals surface area contributed by atoms with E-state index in [9.17, 15) is 0 Å². The number of aliphatic hydroxyl groups excluding tert-OH is 1. The average molecular weight is 407 g/mol. The number of likely N-dealkylation sites (tertiary alicyclic amines) is 1. The van der Waals surface area contributed by atoms with Crippen LogP contribution in [0.25, 0.3) is 0 Å². The molecule has 20 heavy (non-hydrogen) atoms. The van der Waals surface area contributed by atoms with Gasteiger partial charge in [-0.05, 0) is 82.4 Å². The van der Waals surface area contributed by atoms with E-state index in [4.69, 9.17) is 9.84 Å². The van der Waals surface area contributed by atoms with E-state index in [1.165, 1.54) is 25.8 Å². The lowest BCUT2D eigenvalue weighted by Crippen LogP contribution is -2.37. The van der Waals surface area contributed by atoms with Gasteiger partial charge in [-0.3, -0.25) is 0 Å². The Hall–Kier alpha value is -0.100. The summed E-state index contributed by atoms with van der Waals surface area (Å²) in [4.78, 5) is 2.44. The van der Waals surface area contributed by atoms with E-state index in [1.54, 1.807) is 0 Å². The average Bonchev–Trinajstić information content (AvgIpc) is 2.43. The molecule has 1 aliphatic heterocycles. The predicted molar refractivity (Wildman–Crippen MR) is 88.1 cm³/mol.